The van der Waals surface area contributed by atoms with Crippen molar-refractivity contribution < 1.29 is 9.53 Å². The average molecular weight is 327 g/mol. The van der Waals surface area contributed by atoms with Crippen molar-refractivity contribution in [2.24, 2.45) is 0 Å². The monoisotopic (exact) mass is 327 g/mol. The molecule has 0 saturated carbocycles. The molecule has 0 spiro atoms. The third-order valence-electron chi connectivity index (χ3n) is 4.04. The number of benzene rings is 1. The Kier molecular flexibility index (Phi) is 4.90. The zero-order valence-electron chi connectivity index (χ0n) is 13.9. The van der Waals surface area contributed by atoms with E-state index in [2.05, 4.69) is 27.2 Å². The van der Waals surface area contributed by atoms with Gasteiger partial charge in [-0.1, -0.05) is 0 Å². The number of rotatable bonds is 4. The first-order valence-corrected chi connectivity index (χ1v) is 7.86. The van der Waals surface area contributed by atoms with Gasteiger partial charge in [-0.2, -0.15) is 0 Å². The van der Waals surface area contributed by atoms with Gasteiger partial charge < -0.3 is 19.9 Å². The lowest BCUT2D eigenvalue weighted by molar-refractivity contribution is 0.0658. The summed E-state index contributed by atoms with van der Waals surface area (Å²) in [7, 11) is 3.69. The van der Waals surface area contributed by atoms with Crippen LogP contribution in [-0.2, 0) is 0 Å². The summed E-state index contributed by atoms with van der Waals surface area (Å²) < 4.78 is 5.14. The quantitative estimate of drug-likeness (QED) is 0.920. The zero-order valence-corrected chi connectivity index (χ0v) is 13.9. The summed E-state index contributed by atoms with van der Waals surface area (Å²) in [6, 6.07) is 9.19. The lowest BCUT2D eigenvalue weighted by Crippen LogP contribution is -2.47. The van der Waals surface area contributed by atoms with Gasteiger partial charge in [-0.25, -0.2) is 9.97 Å². The number of nitrogens with zero attached hydrogens (tertiary/aromatic N) is 4. The van der Waals surface area contributed by atoms with Gasteiger partial charge >= 0.3 is 0 Å². The highest BCUT2D eigenvalue weighted by Crippen LogP contribution is 2.19. The molecule has 1 saturated heterocycles. The lowest BCUT2D eigenvalue weighted by Gasteiger charge is -2.32. The van der Waals surface area contributed by atoms with Gasteiger partial charge in [-0.05, 0) is 31.3 Å². The van der Waals surface area contributed by atoms with E-state index in [1.165, 1.54) is 6.33 Å². The Bertz CT molecular complexity index is 696. The van der Waals surface area contributed by atoms with Gasteiger partial charge in [0.25, 0.3) is 5.91 Å². The molecule has 7 heteroatoms. The van der Waals surface area contributed by atoms with Crippen LogP contribution in [0.4, 0.5) is 11.5 Å². The van der Waals surface area contributed by atoms with Crippen LogP contribution in [-0.4, -0.2) is 66.0 Å². The summed E-state index contributed by atoms with van der Waals surface area (Å²) in [6.45, 7) is 3.21. The number of carbonyl (C=O) groups excluding carboxylic acids is 1. The third-order valence-corrected chi connectivity index (χ3v) is 4.04. The first kappa shape index (κ1) is 16.2. The second-order valence-electron chi connectivity index (χ2n) is 5.74. The van der Waals surface area contributed by atoms with E-state index < -0.39 is 0 Å². The second-order valence-corrected chi connectivity index (χ2v) is 5.74. The van der Waals surface area contributed by atoms with Crippen LogP contribution in [0.5, 0.6) is 5.75 Å². The molecule has 0 radical (unpaired) electrons. The van der Waals surface area contributed by atoms with Crippen LogP contribution in [0.2, 0.25) is 0 Å². The molecule has 126 valence electrons. The number of methoxy groups -OCH3 is 1. The molecule has 1 aromatic heterocycles. The summed E-state index contributed by atoms with van der Waals surface area (Å²) in [6.07, 6.45) is 1.41. The zero-order chi connectivity index (χ0) is 16.9. The van der Waals surface area contributed by atoms with Crippen molar-refractivity contribution >= 4 is 17.4 Å². The molecule has 0 bridgehead atoms. The summed E-state index contributed by atoms with van der Waals surface area (Å²) in [5, 5.41) is 3.17. The Hall–Kier alpha value is -2.67. The van der Waals surface area contributed by atoms with E-state index in [0.717, 1.165) is 37.6 Å². The molecule has 1 N–H and O–H groups in total. The molecule has 7 nitrogen and oxygen atoms in total. The molecule has 0 unspecified atom stereocenters. The number of amides is 1. The highest BCUT2D eigenvalue weighted by molar-refractivity contribution is 5.93. The van der Waals surface area contributed by atoms with E-state index in [9.17, 15) is 4.79 Å². The van der Waals surface area contributed by atoms with E-state index in [4.69, 9.17) is 4.74 Å². The number of nitrogens with one attached hydrogen (secondary N) is 1. The molecule has 1 fully saturated rings. The van der Waals surface area contributed by atoms with E-state index in [1.807, 2.05) is 29.2 Å². The normalized spacial score (nSPS) is 15.2. The van der Waals surface area contributed by atoms with Crippen LogP contribution in [0.15, 0.2) is 36.7 Å². The third kappa shape index (κ3) is 3.80. The molecule has 1 aliphatic heterocycles. The van der Waals surface area contributed by atoms with E-state index in [-0.39, 0.29) is 5.91 Å². The number of hydrogen-bond acceptors (Lipinski definition) is 6. The van der Waals surface area contributed by atoms with Crippen molar-refractivity contribution in [1.82, 2.24) is 19.8 Å². The highest BCUT2D eigenvalue weighted by atomic mass is 16.5. The molecular weight excluding hydrogens is 306 g/mol. The highest BCUT2D eigenvalue weighted by Gasteiger charge is 2.21. The maximum absolute atomic E-state index is 12.6. The minimum absolute atomic E-state index is 0.0525. The summed E-state index contributed by atoms with van der Waals surface area (Å²) in [5.41, 5.74) is 1.28. The lowest BCUT2D eigenvalue weighted by atomic mass is 10.2. The van der Waals surface area contributed by atoms with Gasteiger partial charge in [0.05, 0.1) is 7.11 Å². The molecule has 1 aromatic carbocycles. The molecular formula is C17H21N5O2. The Morgan fingerprint density at radius 2 is 1.83 bits per heavy atom. The smallest absolute Gasteiger partial charge is 0.272 e. The summed E-state index contributed by atoms with van der Waals surface area (Å²) in [4.78, 5) is 24.9. The number of anilines is 2. The van der Waals surface area contributed by atoms with Crippen LogP contribution in [0, 0.1) is 0 Å². The van der Waals surface area contributed by atoms with Crippen LogP contribution >= 0.6 is 0 Å². The minimum Gasteiger partial charge on any atom is -0.497 e. The fourth-order valence-electron chi connectivity index (χ4n) is 2.54. The van der Waals surface area contributed by atoms with Crippen molar-refractivity contribution in [3.63, 3.8) is 0 Å². The minimum atomic E-state index is -0.0525. The number of carbonyl (C=O) groups is 1. The standard InChI is InChI=1S/C17H21N5O2/c1-21-7-9-22(10-8-21)17(23)15-11-16(19-12-18-15)20-13-3-5-14(24-2)6-4-13/h3-6,11-12H,7-10H2,1-2H3,(H,18,19,20). The van der Waals surface area contributed by atoms with Crippen molar-refractivity contribution in [1.29, 1.82) is 0 Å². The molecule has 24 heavy (non-hydrogen) atoms. The largest absolute Gasteiger partial charge is 0.497 e. The maximum Gasteiger partial charge on any atom is 0.272 e. The molecule has 1 amide bonds. The van der Waals surface area contributed by atoms with Crippen molar-refractivity contribution in [2.75, 3.05) is 45.7 Å². The topological polar surface area (TPSA) is 70.6 Å². The van der Waals surface area contributed by atoms with Crippen LogP contribution < -0.4 is 10.1 Å². The van der Waals surface area contributed by atoms with Gasteiger partial charge in [0.2, 0.25) is 0 Å². The Labute approximate surface area is 141 Å². The Morgan fingerprint density at radius 3 is 2.50 bits per heavy atom. The molecule has 0 aliphatic carbocycles. The number of likely N-dealkylation sites (N-methyl/N-ethyl adjacent to an activating group) is 1. The van der Waals surface area contributed by atoms with Gasteiger partial charge in [0.1, 0.15) is 23.6 Å². The molecule has 2 aromatic rings. The van der Waals surface area contributed by atoms with Gasteiger partial charge in [-0.15, -0.1) is 0 Å². The van der Waals surface area contributed by atoms with Crippen LogP contribution in [0.1, 0.15) is 10.5 Å². The SMILES string of the molecule is COc1ccc(Nc2cc(C(=O)N3CCN(C)CC3)ncn2)cc1. The first-order valence-electron chi connectivity index (χ1n) is 7.86. The number of piperazine rings is 1. The van der Waals surface area contributed by atoms with Crippen LogP contribution in [0.3, 0.4) is 0 Å². The van der Waals surface area contributed by atoms with E-state index in [0.29, 0.717) is 11.5 Å². The van der Waals surface area contributed by atoms with Gasteiger partial charge in [-0.3, -0.25) is 4.79 Å². The predicted molar refractivity (Wildman–Crippen MR) is 91.7 cm³/mol. The summed E-state index contributed by atoms with van der Waals surface area (Å²) in [5.74, 6) is 1.32. The van der Waals surface area contributed by atoms with Crippen molar-refractivity contribution in [2.45, 2.75) is 0 Å². The van der Waals surface area contributed by atoms with Gasteiger partial charge in [0, 0.05) is 37.9 Å². The number of ether oxygens (including phenoxy) is 1. The molecule has 2 heterocycles. The first-order chi connectivity index (χ1) is 11.7. The average Bonchev–Trinajstić information content (AvgIpc) is 2.63. The number of aromatic nitrogens is 2. The molecule has 1 aliphatic rings. The molecule has 3 rings (SSSR count). The fraction of sp³-hybridized carbons (Fsp3) is 0.353. The Balaban J connectivity index is 1.70. The summed E-state index contributed by atoms with van der Waals surface area (Å²) >= 11 is 0. The number of hydrogen-bond donors (Lipinski definition) is 1. The van der Waals surface area contributed by atoms with E-state index in [1.54, 1.807) is 13.2 Å². The van der Waals surface area contributed by atoms with E-state index >= 15 is 0 Å². The molecule has 0 atom stereocenters. The van der Waals surface area contributed by atoms with Crippen molar-refractivity contribution in [3.05, 3.63) is 42.4 Å². The fourth-order valence-corrected chi connectivity index (χ4v) is 2.54. The van der Waals surface area contributed by atoms with Crippen LogP contribution in [0.25, 0.3) is 0 Å². The van der Waals surface area contributed by atoms with Crippen molar-refractivity contribution in [3.8, 4) is 5.75 Å². The maximum atomic E-state index is 12.6. The predicted octanol–water partition coefficient (Wildman–Crippen LogP) is 1.62. The van der Waals surface area contributed by atoms with Gasteiger partial charge in [0.15, 0.2) is 0 Å². The second kappa shape index (κ2) is 7.27. The Morgan fingerprint density at radius 1 is 1.12 bits per heavy atom.